The van der Waals surface area contributed by atoms with E-state index < -0.39 is 0 Å². The van der Waals surface area contributed by atoms with Gasteiger partial charge in [0, 0.05) is 45.5 Å². The number of nitrogens with one attached hydrogen (secondary N) is 1. The molecule has 1 saturated carbocycles. The first-order valence-corrected chi connectivity index (χ1v) is 11.0. The Kier molecular flexibility index (Phi) is 4.99. The van der Waals surface area contributed by atoms with Gasteiger partial charge in [-0.25, -0.2) is 9.78 Å². The van der Waals surface area contributed by atoms with Crippen LogP contribution in [0.3, 0.4) is 0 Å². The summed E-state index contributed by atoms with van der Waals surface area (Å²) in [4.78, 5) is 36.5. The normalized spacial score (nSPS) is 18.2. The predicted molar refractivity (Wildman–Crippen MR) is 116 cm³/mol. The fourth-order valence-electron chi connectivity index (χ4n) is 4.82. The Bertz CT molecular complexity index is 1160. The zero-order valence-corrected chi connectivity index (χ0v) is 18.0. The van der Waals surface area contributed by atoms with Crippen molar-refractivity contribution in [1.29, 1.82) is 0 Å². The number of amides is 1. The zero-order chi connectivity index (χ0) is 21.5. The molecule has 3 aromatic heterocycles. The molecule has 10 nitrogen and oxygen atoms in total. The SMILES string of the molecule is Cn1cc(C(=O)N2CCC(Nc3ncc4c(n3)n(C3CCCC3)c(=O)n4C)CC2)cn1. The van der Waals surface area contributed by atoms with E-state index in [-0.39, 0.29) is 23.7 Å². The van der Waals surface area contributed by atoms with Crippen LogP contribution in [0.5, 0.6) is 0 Å². The average molecular weight is 425 g/mol. The van der Waals surface area contributed by atoms with E-state index in [1.54, 1.807) is 34.9 Å². The fraction of sp³-hybridized carbons (Fsp3) is 0.571. The van der Waals surface area contributed by atoms with Crippen LogP contribution in [-0.2, 0) is 14.1 Å². The van der Waals surface area contributed by atoms with Crippen molar-refractivity contribution in [1.82, 2.24) is 33.8 Å². The molecule has 5 rings (SSSR count). The van der Waals surface area contributed by atoms with Crippen molar-refractivity contribution < 1.29 is 4.79 Å². The first-order chi connectivity index (χ1) is 15.0. The lowest BCUT2D eigenvalue weighted by molar-refractivity contribution is 0.0718. The predicted octanol–water partition coefficient (Wildman–Crippen LogP) is 1.70. The molecule has 0 atom stereocenters. The first kappa shape index (κ1) is 19.8. The van der Waals surface area contributed by atoms with Crippen molar-refractivity contribution in [2.24, 2.45) is 14.1 Å². The van der Waals surface area contributed by atoms with Crippen LogP contribution in [0.25, 0.3) is 11.2 Å². The summed E-state index contributed by atoms with van der Waals surface area (Å²) < 4.78 is 5.13. The van der Waals surface area contributed by atoms with Crippen LogP contribution < -0.4 is 11.0 Å². The fourth-order valence-corrected chi connectivity index (χ4v) is 4.82. The highest BCUT2D eigenvalue weighted by atomic mass is 16.2. The first-order valence-electron chi connectivity index (χ1n) is 11.0. The minimum absolute atomic E-state index is 0.0180. The van der Waals surface area contributed by atoms with Gasteiger partial charge < -0.3 is 10.2 Å². The van der Waals surface area contributed by atoms with Crippen molar-refractivity contribution in [3.05, 3.63) is 34.6 Å². The Labute approximate surface area is 179 Å². The molecular weight excluding hydrogens is 396 g/mol. The molecule has 0 spiro atoms. The molecule has 164 valence electrons. The van der Waals surface area contributed by atoms with Crippen LogP contribution in [0.15, 0.2) is 23.4 Å². The molecule has 1 saturated heterocycles. The molecule has 1 N–H and O–H groups in total. The number of carbonyl (C=O) groups excluding carboxylic acids is 1. The van der Waals surface area contributed by atoms with Crippen LogP contribution in [0, 0.1) is 0 Å². The number of imidazole rings is 1. The summed E-state index contributed by atoms with van der Waals surface area (Å²) in [5.41, 5.74) is 2.08. The topological polar surface area (TPSA) is 103 Å². The lowest BCUT2D eigenvalue weighted by atomic mass is 10.0. The van der Waals surface area contributed by atoms with E-state index in [0.29, 0.717) is 30.2 Å². The molecule has 0 radical (unpaired) electrons. The summed E-state index contributed by atoms with van der Waals surface area (Å²) in [7, 11) is 3.59. The van der Waals surface area contributed by atoms with E-state index in [9.17, 15) is 9.59 Å². The van der Waals surface area contributed by atoms with E-state index in [1.807, 2.05) is 16.5 Å². The number of piperidine rings is 1. The van der Waals surface area contributed by atoms with Crippen molar-refractivity contribution >= 4 is 23.0 Å². The molecule has 2 fully saturated rings. The van der Waals surface area contributed by atoms with Crippen molar-refractivity contribution in [3.63, 3.8) is 0 Å². The molecule has 3 aromatic rings. The van der Waals surface area contributed by atoms with Gasteiger partial charge in [-0.15, -0.1) is 0 Å². The van der Waals surface area contributed by atoms with E-state index in [2.05, 4.69) is 15.4 Å². The van der Waals surface area contributed by atoms with Crippen molar-refractivity contribution in [2.45, 2.75) is 50.6 Å². The monoisotopic (exact) mass is 424 g/mol. The number of hydrogen-bond donors (Lipinski definition) is 1. The smallest absolute Gasteiger partial charge is 0.330 e. The maximum absolute atomic E-state index is 12.8. The molecule has 0 bridgehead atoms. The largest absolute Gasteiger partial charge is 0.351 e. The van der Waals surface area contributed by atoms with Gasteiger partial charge in [-0.2, -0.15) is 10.1 Å². The lowest BCUT2D eigenvalue weighted by Crippen LogP contribution is -2.42. The molecule has 1 amide bonds. The second-order valence-corrected chi connectivity index (χ2v) is 8.67. The number of aromatic nitrogens is 6. The number of anilines is 1. The summed E-state index contributed by atoms with van der Waals surface area (Å²) in [5, 5.41) is 7.51. The average Bonchev–Trinajstić information content (AvgIpc) is 3.50. The molecule has 1 aliphatic heterocycles. The number of aryl methyl sites for hydroxylation is 2. The third-order valence-electron chi connectivity index (χ3n) is 6.59. The third kappa shape index (κ3) is 3.60. The second kappa shape index (κ2) is 7.82. The van der Waals surface area contributed by atoms with E-state index >= 15 is 0 Å². The molecule has 0 aromatic carbocycles. The number of likely N-dealkylation sites (tertiary alicyclic amines) is 1. The highest BCUT2D eigenvalue weighted by Gasteiger charge is 2.26. The van der Waals surface area contributed by atoms with Gasteiger partial charge in [0.05, 0.1) is 18.0 Å². The quantitative estimate of drug-likeness (QED) is 0.684. The van der Waals surface area contributed by atoms with Gasteiger partial charge in [0.25, 0.3) is 5.91 Å². The molecule has 10 heteroatoms. The van der Waals surface area contributed by atoms with Gasteiger partial charge in [0.2, 0.25) is 5.95 Å². The second-order valence-electron chi connectivity index (χ2n) is 8.67. The van der Waals surface area contributed by atoms with Gasteiger partial charge in [-0.1, -0.05) is 12.8 Å². The van der Waals surface area contributed by atoms with Gasteiger partial charge in [0.1, 0.15) is 5.52 Å². The molecule has 31 heavy (non-hydrogen) atoms. The van der Waals surface area contributed by atoms with E-state index in [1.165, 1.54) is 0 Å². The lowest BCUT2D eigenvalue weighted by Gasteiger charge is -2.32. The van der Waals surface area contributed by atoms with E-state index in [4.69, 9.17) is 4.98 Å². The van der Waals surface area contributed by atoms with Gasteiger partial charge in [0.15, 0.2) is 5.65 Å². The Morgan fingerprint density at radius 1 is 1.10 bits per heavy atom. The summed E-state index contributed by atoms with van der Waals surface area (Å²) in [6.07, 6.45) is 11.1. The zero-order valence-electron chi connectivity index (χ0n) is 18.0. The summed E-state index contributed by atoms with van der Waals surface area (Å²) in [6, 6.07) is 0.409. The van der Waals surface area contributed by atoms with Crippen molar-refractivity contribution in [2.75, 3.05) is 18.4 Å². The Hall–Kier alpha value is -3.17. The standard InChI is InChI=1S/C21H28N8O2/c1-26-13-14(11-23-26)19(30)28-9-7-15(8-10-28)24-20-22-12-17-18(25-20)29(21(31)27(17)2)16-5-3-4-6-16/h11-13,15-16H,3-10H2,1-2H3,(H,22,24,25). The summed E-state index contributed by atoms with van der Waals surface area (Å²) in [6.45, 7) is 1.34. The maximum atomic E-state index is 12.8. The third-order valence-corrected chi connectivity index (χ3v) is 6.59. The Morgan fingerprint density at radius 3 is 2.52 bits per heavy atom. The Morgan fingerprint density at radius 2 is 1.84 bits per heavy atom. The molecule has 1 aliphatic carbocycles. The number of hydrogen-bond acceptors (Lipinski definition) is 6. The van der Waals surface area contributed by atoms with Gasteiger partial charge in [-0.05, 0) is 25.7 Å². The summed E-state index contributed by atoms with van der Waals surface area (Å²) >= 11 is 0. The van der Waals surface area contributed by atoms with Crippen LogP contribution in [0.1, 0.15) is 54.9 Å². The van der Waals surface area contributed by atoms with Gasteiger partial charge in [-0.3, -0.25) is 18.6 Å². The van der Waals surface area contributed by atoms with E-state index in [0.717, 1.165) is 44.0 Å². The highest BCUT2D eigenvalue weighted by molar-refractivity contribution is 5.93. The number of nitrogens with zero attached hydrogens (tertiary/aromatic N) is 7. The summed E-state index contributed by atoms with van der Waals surface area (Å²) in [5.74, 6) is 0.566. The Balaban J connectivity index is 1.29. The molecular formula is C21H28N8O2. The minimum atomic E-state index is -0.0180. The molecule has 0 unspecified atom stereocenters. The van der Waals surface area contributed by atoms with Crippen LogP contribution in [0.2, 0.25) is 0 Å². The maximum Gasteiger partial charge on any atom is 0.330 e. The van der Waals surface area contributed by atoms with Crippen LogP contribution >= 0.6 is 0 Å². The highest BCUT2D eigenvalue weighted by Crippen LogP contribution is 2.30. The van der Waals surface area contributed by atoms with Crippen LogP contribution in [-0.4, -0.2) is 58.8 Å². The number of fused-ring (bicyclic) bond motifs is 1. The van der Waals surface area contributed by atoms with Gasteiger partial charge >= 0.3 is 5.69 Å². The molecule has 2 aliphatic rings. The number of rotatable bonds is 4. The minimum Gasteiger partial charge on any atom is -0.351 e. The number of carbonyl (C=O) groups is 1. The van der Waals surface area contributed by atoms with Crippen LogP contribution in [0.4, 0.5) is 5.95 Å². The molecule has 4 heterocycles. The van der Waals surface area contributed by atoms with Crippen molar-refractivity contribution in [3.8, 4) is 0 Å².